The number of hydrogen-bond acceptors (Lipinski definition) is 6. The van der Waals surface area contributed by atoms with Crippen LogP contribution in [-0.4, -0.2) is 32.8 Å². The molecule has 0 saturated heterocycles. The maximum Gasteiger partial charge on any atom is 0.453 e. The van der Waals surface area contributed by atoms with Gasteiger partial charge in [-0.15, -0.1) is 10.2 Å². The van der Waals surface area contributed by atoms with Gasteiger partial charge in [-0.25, -0.2) is 0 Å². The van der Waals surface area contributed by atoms with Crippen molar-refractivity contribution < 1.29 is 22.7 Å². The number of aryl methyl sites for hydroxylation is 1. The maximum absolute atomic E-state index is 12.8. The van der Waals surface area contributed by atoms with E-state index in [1.165, 1.54) is 0 Å². The van der Waals surface area contributed by atoms with Gasteiger partial charge in [0.1, 0.15) is 10.8 Å². The summed E-state index contributed by atoms with van der Waals surface area (Å²) in [7, 11) is 1.57. The van der Waals surface area contributed by atoms with Gasteiger partial charge in [-0.2, -0.15) is 22.8 Å². The van der Waals surface area contributed by atoms with E-state index in [4.69, 9.17) is 4.74 Å². The second-order valence-corrected chi connectivity index (χ2v) is 6.38. The number of alkyl halides is 3. The highest BCUT2D eigenvalue weighted by atomic mass is 32.1. The number of fused-ring (bicyclic) bond motifs is 1. The zero-order valence-corrected chi connectivity index (χ0v) is 14.4. The molecule has 3 aromatic rings. The molecule has 1 amide bonds. The lowest BCUT2D eigenvalue weighted by Crippen LogP contribution is -2.23. The largest absolute Gasteiger partial charge is 0.497 e. The summed E-state index contributed by atoms with van der Waals surface area (Å²) in [5, 5.41) is 13.3. The Kier molecular flexibility index (Phi) is 5.07. The zero-order chi connectivity index (χ0) is 18.7. The van der Waals surface area contributed by atoms with Crippen LogP contribution in [0.3, 0.4) is 0 Å². The summed E-state index contributed by atoms with van der Waals surface area (Å²) in [4.78, 5) is 12.0. The van der Waals surface area contributed by atoms with Crippen molar-refractivity contribution in [3.63, 3.8) is 0 Å². The minimum Gasteiger partial charge on any atom is -0.497 e. The maximum atomic E-state index is 12.8. The Morgan fingerprint density at radius 3 is 2.88 bits per heavy atom. The van der Waals surface area contributed by atoms with E-state index in [1.54, 1.807) is 7.11 Å². The van der Waals surface area contributed by atoms with Crippen LogP contribution in [0.15, 0.2) is 24.3 Å². The fourth-order valence-corrected chi connectivity index (χ4v) is 3.03. The van der Waals surface area contributed by atoms with Crippen LogP contribution in [0, 0.1) is 0 Å². The Hall–Kier alpha value is -2.69. The van der Waals surface area contributed by atoms with Crippen molar-refractivity contribution in [3.8, 4) is 5.75 Å². The lowest BCUT2D eigenvalue weighted by molar-refractivity contribution is -0.146. The Labute approximate surface area is 149 Å². The van der Waals surface area contributed by atoms with Gasteiger partial charge < -0.3 is 10.1 Å². The fourth-order valence-electron chi connectivity index (χ4n) is 2.25. The van der Waals surface area contributed by atoms with Gasteiger partial charge >= 0.3 is 6.18 Å². The van der Waals surface area contributed by atoms with Crippen LogP contribution in [-0.2, 0) is 23.9 Å². The molecule has 26 heavy (non-hydrogen) atoms. The molecule has 0 bridgehead atoms. The number of benzene rings is 1. The average Bonchev–Trinajstić information content (AvgIpc) is 3.17. The first kappa shape index (κ1) is 18.1. The first-order valence-electron chi connectivity index (χ1n) is 7.55. The summed E-state index contributed by atoms with van der Waals surface area (Å²) >= 11 is 0.943. The van der Waals surface area contributed by atoms with Crippen molar-refractivity contribution in [1.29, 1.82) is 0 Å². The van der Waals surface area contributed by atoms with Crippen LogP contribution >= 0.6 is 11.3 Å². The van der Waals surface area contributed by atoms with Crippen molar-refractivity contribution in [2.75, 3.05) is 7.11 Å². The molecule has 138 valence electrons. The van der Waals surface area contributed by atoms with Crippen molar-refractivity contribution in [3.05, 3.63) is 40.7 Å². The van der Waals surface area contributed by atoms with Crippen LogP contribution < -0.4 is 10.1 Å². The third kappa shape index (κ3) is 4.10. The van der Waals surface area contributed by atoms with Crippen LogP contribution in [0.4, 0.5) is 13.2 Å². The zero-order valence-electron chi connectivity index (χ0n) is 13.6. The van der Waals surface area contributed by atoms with Gasteiger partial charge in [-0.3, -0.25) is 4.79 Å². The summed E-state index contributed by atoms with van der Waals surface area (Å²) in [6.07, 6.45) is -3.87. The first-order valence-corrected chi connectivity index (χ1v) is 8.36. The van der Waals surface area contributed by atoms with Crippen molar-refractivity contribution in [2.45, 2.75) is 25.6 Å². The highest BCUT2D eigenvalue weighted by molar-refractivity contribution is 7.16. The Balaban J connectivity index is 1.56. The molecule has 1 N–H and O–H groups in total. The third-order valence-electron chi connectivity index (χ3n) is 3.50. The number of halogens is 3. The molecule has 0 saturated carbocycles. The van der Waals surface area contributed by atoms with E-state index >= 15 is 0 Å². The van der Waals surface area contributed by atoms with Gasteiger partial charge in [0.15, 0.2) is 0 Å². The number of aromatic nitrogens is 4. The van der Waals surface area contributed by atoms with E-state index in [1.807, 2.05) is 24.3 Å². The SMILES string of the molecule is COc1cccc(CCC(=O)NCc2nn3c(C(F)(F)F)nnc3s2)c1. The Bertz CT molecular complexity index is 922. The quantitative estimate of drug-likeness (QED) is 0.705. The molecule has 0 aliphatic rings. The molecule has 1 aromatic carbocycles. The Morgan fingerprint density at radius 1 is 1.35 bits per heavy atom. The van der Waals surface area contributed by atoms with Crippen LogP contribution in [0.25, 0.3) is 4.96 Å². The van der Waals surface area contributed by atoms with Gasteiger partial charge in [0, 0.05) is 6.42 Å². The van der Waals surface area contributed by atoms with Gasteiger partial charge in [0.05, 0.1) is 13.7 Å². The van der Waals surface area contributed by atoms with Crippen molar-refractivity contribution >= 4 is 22.2 Å². The highest BCUT2D eigenvalue weighted by Gasteiger charge is 2.38. The topological polar surface area (TPSA) is 81.4 Å². The minimum atomic E-state index is -4.63. The average molecular weight is 385 g/mol. The molecule has 0 aliphatic carbocycles. The van der Waals surface area contributed by atoms with Gasteiger partial charge in [0.2, 0.25) is 10.9 Å². The van der Waals surface area contributed by atoms with Crippen LogP contribution in [0.5, 0.6) is 5.75 Å². The summed E-state index contributed by atoms with van der Waals surface area (Å²) in [5.41, 5.74) is 0.952. The molecular weight excluding hydrogens is 371 g/mol. The van der Waals surface area contributed by atoms with Crippen molar-refractivity contribution in [1.82, 2.24) is 25.1 Å². The number of ether oxygens (including phenoxy) is 1. The van der Waals surface area contributed by atoms with Crippen LogP contribution in [0.2, 0.25) is 0 Å². The molecule has 0 fully saturated rings. The van der Waals surface area contributed by atoms with Gasteiger partial charge in [0.25, 0.3) is 5.82 Å². The van der Waals surface area contributed by atoms with E-state index in [-0.39, 0.29) is 23.8 Å². The standard InChI is InChI=1S/C15H14F3N5O2S/c1-25-10-4-2-3-9(7-10)5-6-11(24)19-8-12-22-23-13(15(16,17)18)20-21-14(23)26-12/h2-4,7H,5-6,8H2,1H3,(H,19,24). The second kappa shape index (κ2) is 7.28. The second-order valence-electron chi connectivity index (χ2n) is 5.34. The molecule has 2 aromatic heterocycles. The number of hydrogen-bond donors (Lipinski definition) is 1. The predicted octanol–water partition coefficient (Wildman–Crippen LogP) is 2.46. The molecule has 7 nitrogen and oxygen atoms in total. The molecule has 0 radical (unpaired) electrons. The summed E-state index contributed by atoms with van der Waals surface area (Å²) in [6, 6.07) is 7.38. The monoisotopic (exact) mass is 385 g/mol. The van der Waals surface area contributed by atoms with E-state index in [0.29, 0.717) is 21.7 Å². The van der Waals surface area contributed by atoms with E-state index in [2.05, 4.69) is 20.6 Å². The molecule has 0 aliphatic heterocycles. The summed E-state index contributed by atoms with van der Waals surface area (Å²) in [6.45, 7) is 0.0300. The molecule has 2 heterocycles. The van der Waals surface area contributed by atoms with Crippen LogP contribution in [0.1, 0.15) is 22.8 Å². The molecule has 11 heteroatoms. The number of nitrogens with one attached hydrogen (secondary N) is 1. The summed E-state index contributed by atoms with van der Waals surface area (Å²) in [5.74, 6) is -0.697. The normalized spacial score (nSPS) is 11.7. The minimum absolute atomic E-state index is 0.0259. The first-order chi connectivity index (χ1) is 12.4. The van der Waals surface area contributed by atoms with Gasteiger partial charge in [-0.05, 0) is 24.1 Å². The lowest BCUT2D eigenvalue weighted by atomic mass is 10.1. The van der Waals surface area contributed by atoms with E-state index < -0.39 is 12.0 Å². The molecular formula is C15H14F3N5O2S. The number of methoxy groups -OCH3 is 1. The lowest BCUT2D eigenvalue weighted by Gasteiger charge is -2.05. The number of nitrogens with zero attached hydrogens (tertiary/aromatic N) is 4. The van der Waals surface area contributed by atoms with E-state index in [9.17, 15) is 18.0 Å². The highest BCUT2D eigenvalue weighted by Crippen LogP contribution is 2.28. The molecule has 0 spiro atoms. The smallest absolute Gasteiger partial charge is 0.453 e. The van der Waals surface area contributed by atoms with Gasteiger partial charge in [-0.1, -0.05) is 23.5 Å². The predicted molar refractivity (Wildman–Crippen MR) is 86.8 cm³/mol. The Morgan fingerprint density at radius 2 is 2.15 bits per heavy atom. The molecule has 3 rings (SSSR count). The third-order valence-corrected chi connectivity index (χ3v) is 4.40. The van der Waals surface area contributed by atoms with E-state index in [0.717, 1.165) is 16.9 Å². The number of carbonyl (C=O) groups is 1. The number of carbonyl (C=O) groups excluding carboxylic acids is 1. The molecule has 0 unspecified atom stereocenters. The van der Waals surface area contributed by atoms with Crippen molar-refractivity contribution in [2.24, 2.45) is 0 Å². The molecule has 0 atom stereocenters. The number of rotatable bonds is 6. The summed E-state index contributed by atoms with van der Waals surface area (Å²) < 4.78 is 44.0. The number of amides is 1. The fraction of sp³-hybridized carbons (Fsp3) is 0.333.